The fourth-order valence-corrected chi connectivity index (χ4v) is 4.16. The second-order valence-electron chi connectivity index (χ2n) is 6.03. The van der Waals surface area contributed by atoms with Gasteiger partial charge >= 0.3 is 0 Å². The summed E-state index contributed by atoms with van der Waals surface area (Å²) in [6.07, 6.45) is 3.48. The van der Waals surface area contributed by atoms with Crippen LogP contribution in [0.5, 0.6) is 5.75 Å². The molecule has 0 unspecified atom stereocenters. The van der Waals surface area contributed by atoms with Gasteiger partial charge in [-0.25, -0.2) is 34.3 Å². The molecule has 0 saturated heterocycles. The zero-order chi connectivity index (χ0) is 21.6. The van der Waals surface area contributed by atoms with Crippen LogP contribution >= 0.6 is 34.3 Å². The first-order valence-corrected chi connectivity index (χ1v) is 11.1. The molecule has 1 aromatic carbocycles. The molecular formula is C19H15ClFN7OS2. The normalized spacial score (nSPS) is 10.7. The number of ether oxygens (including phenoxy) is 1. The van der Waals surface area contributed by atoms with Crippen LogP contribution in [0, 0.1) is 5.82 Å². The number of nitrogens with one attached hydrogen (secondary N) is 1. The molecule has 12 heteroatoms. The van der Waals surface area contributed by atoms with Crippen molar-refractivity contribution in [3.05, 3.63) is 58.4 Å². The number of hydrogen-bond acceptors (Lipinski definition) is 10. The number of thiazole rings is 2. The molecule has 0 spiro atoms. The molecule has 31 heavy (non-hydrogen) atoms. The molecule has 0 aliphatic carbocycles. The van der Waals surface area contributed by atoms with E-state index in [4.69, 9.17) is 16.3 Å². The van der Waals surface area contributed by atoms with Crippen LogP contribution in [0.2, 0.25) is 5.15 Å². The van der Waals surface area contributed by atoms with E-state index in [0.29, 0.717) is 40.8 Å². The highest BCUT2D eigenvalue weighted by atomic mass is 35.5. The first kappa shape index (κ1) is 21.2. The van der Waals surface area contributed by atoms with Crippen LogP contribution in [0.1, 0.15) is 5.56 Å². The van der Waals surface area contributed by atoms with E-state index < -0.39 is 0 Å². The third kappa shape index (κ3) is 5.01. The smallest absolute Gasteiger partial charge is 0.159 e. The maximum atomic E-state index is 13.8. The van der Waals surface area contributed by atoms with Crippen molar-refractivity contribution in [3.8, 4) is 5.75 Å². The van der Waals surface area contributed by atoms with Crippen molar-refractivity contribution in [1.29, 1.82) is 0 Å². The highest BCUT2D eigenvalue weighted by Gasteiger charge is 2.07. The molecule has 4 aromatic heterocycles. The highest BCUT2D eigenvalue weighted by molar-refractivity contribution is 7.16. The fourth-order valence-electron chi connectivity index (χ4n) is 2.66. The average molecular weight is 476 g/mol. The molecule has 0 aliphatic heterocycles. The maximum absolute atomic E-state index is 13.8. The van der Waals surface area contributed by atoms with Crippen LogP contribution in [0.25, 0.3) is 20.7 Å². The second-order valence-corrected chi connectivity index (χ2v) is 8.06. The van der Waals surface area contributed by atoms with Gasteiger partial charge in [-0.05, 0) is 18.1 Å². The van der Waals surface area contributed by atoms with Crippen LogP contribution in [-0.4, -0.2) is 43.6 Å². The van der Waals surface area contributed by atoms with Crippen molar-refractivity contribution in [1.82, 2.24) is 29.9 Å². The number of hydrogen-bond donors (Lipinski definition) is 1. The van der Waals surface area contributed by atoms with Gasteiger partial charge in [-0.2, -0.15) is 0 Å². The molecule has 158 valence electrons. The molecule has 5 aromatic rings. The Morgan fingerprint density at radius 1 is 0.968 bits per heavy atom. The lowest BCUT2D eigenvalue weighted by atomic mass is 10.1. The summed E-state index contributed by atoms with van der Waals surface area (Å²) in [4.78, 5) is 25.9. The molecular weight excluding hydrogens is 461 g/mol. The van der Waals surface area contributed by atoms with Gasteiger partial charge in [-0.15, -0.1) is 22.7 Å². The van der Waals surface area contributed by atoms with Crippen molar-refractivity contribution >= 4 is 60.8 Å². The zero-order valence-corrected chi connectivity index (χ0v) is 18.5. The predicted molar refractivity (Wildman–Crippen MR) is 121 cm³/mol. The number of nitrogens with zero attached hydrogens (tertiary/aromatic N) is 6. The lowest BCUT2D eigenvalue weighted by Crippen LogP contribution is -2.08. The minimum atomic E-state index is -0.266. The standard InChI is InChI=1S/C14H13FN4OS.C5H2ClN3S/c1-20-10-3-2-9(11(15)6-10)4-5-16-13-12-14(18-7-17-13)21-8-19-12;6-4-3-5(8-1-7-4)10-2-9-3/h2-3,6-8H,4-5H2,1H3,(H,16,17,18);1-2H. The van der Waals surface area contributed by atoms with Crippen molar-refractivity contribution in [2.45, 2.75) is 6.42 Å². The van der Waals surface area contributed by atoms with Crippen LogP contribution in [-0.2, 0) is 6.42 Å². The van der Waals surface area contributed by atoms with Gasteiger partial charge in [0.15, 0.2) is 11.0 Å². The Balaban J connectivity index is 0.000000192. The molecule has 8 nitrogen and oxygen atoms in total. The average Bonchev–Trinajstić information content (AvgIpc) is 3.46. The largest absolute Gasteiger partial charge is 0.497 e. The first-order chi connectivity index (χ1) is 15.2. The zero-order valence-electron chi connectivity index (χ0n) is 16.1. The molecule has 0 atom stereocenters. The van der Waals surface area contributed by atoms with Gasteiger partial charge in [-0.3, -0.25) is 0 Å². The summed E-state index contributed by atoms with van der Waals surface area (Å²) in [5.74, 6) is 0.928. The Bertz CT molecular complexity index is 1310. The van der Waals surface area contributed by atoms with Crippen molar-refractivity contribution in [2.24, 2.45) is 0 Å². The SMILES string of the molecule is COc1ccc(CCNc2ncnc3scnc23)c(F)c1.Clc1ncnc2scnc12. The number of anilines is 1. The van der Waals surface area contributed by atoms with E-state index in [1.807, 2.05) is 0 Å². The maximum Gasteiger partial charge on any atom is 0.159 e. The van der Waals surface area contributed by atoms with E-state index in [1.165, 1.54) is 48.5 Å². The van der Waals surface area contributed by atoms with E-state index in [1.54, 1.807) is 23.2 Å². The Morgan fingerprint density at radius 2 is 1.68 bits per heavy atom. The van der Waals surface area contributed by atoms with Crippen LogP contribution in [0.15, 0.2) is 41.9 Å². The lowest BCUT2D eigenvalue weighted by Gasteiger charge is -2.07. The first-order valence-electron chi connectivity index (χ1n) is 8.96. The topological polar surface area (TPSA) is 98.6 Å². The molecule has 0 bridgehead atoms. The summed E-state index contributed by atoms with van der Waals surface area (Å²) in [5, 5.41) is 3.60. The van der Waals surface area contributed by atoms with Gasteiger partial charge in [-0.1, -0.05) is 17.7 Å². The molecule has 0 radical (unpaired) electrons. The van der Waals surface area contributed by atoms with Crippen LogP contribution in [0.3, 0.4) is 0 Å². The predicted octanol–water partition coefficient (Wildman–Crippen LogP) is 4.63. The summed E-state index contributed by atoms with van der Waals surface area (Å²) in [6.45, 7) is 0.562. The van der Waals surface area contributed by atoms with Crippen LogP contribution in [0.4, 0.5) is 10.2 Å². The summed E-state index contributed by atoms with van der Waals surface area (Å²) in [5.41, 5.74) is 5.50. The molecule has 1 N–H and O–H groups in total. The second kappa shape index (κ2) is 9.86. The van der Waals surface area contributed by atoms with E-state index in [9.17, 15) is 4.39 Å². The van der Waals surface area contributed by atoms with Gasteiger partial charge in [0.1, 0.15) is 44.9 Å². The fraction of sp³-hybridized carbons (Fsp3) is 0.158. The molecule has 0 fully saturated rings. The summed E-state index contributed by atoms with van der Waals surface area (Å²) < 4.78 is 18.8. The lowest BCUT2D eigenvalue weighted by molar-refractivity contribution is 0.410. The minimum absolute atomic E-state index is 0.266. The van der Waals surface area contributed by atoms with Gasteiger partial charge in [0.2, 0.25) is 0 Å². The Hall–Kier alpha value is -3.02. The monoisotopic (exact) mass is 475 g/mol. The molecule has 0 amide bonds. The van der Waals surface area contributed by atoms with Gasteiger partial charge in [0.25, 0.3) is 0 Å². The van der Waals surface area contributed by atoms with Gasteiger partial charge in [0.05, 0.1) is 18.1 Å². The molecule has 4 heterocycles. The van der Waals surface area contributed by atoms with E-state index >= 15 is 0 Å². The van der Waals surface area contributed by atoms with Crippen molar-refractivity contribution in [2.75, 3.05) is 19.0 Å². The third-order valence-corrected chi connectivity index (χ3v) is 5.91. The molecule has 0 saturated carbocycles. The van der Waals surface area contributed by atoms with Crippen LogP contribution < -0.4 is 10.1 Å². The number of rotatable bonds is 5. The number of halogens is 2. The van der Waals surface area contributed by atoms with Crippen molar-refractivity contribution < 1.29 is 9.13 Å². The van der Waals surface area contributed by atoms with E-state index in [0.717, 1.165) is 15.2 Å². The number of benzene rings is 1. The Morgan fingerprint density at radius 3 is 2.39 bits per heavy atom. The minimum Gasteiger partial charge on any atom is -0.497 e. The van der Waals surface area contributed by atoms with E-state index in [-0.39, 0.29) is 5.82 Å². The summed E-state index contributed by atoms with van der Waals surface area (Å²) in [6, 6.07) is 4.87. The quantitative estimate of drug-likeness (QED) is 0.367. The molecule has 0 aliphatic rings. The van der Waals surface area contributed by atoms with Crippen molar-refractivity contribution in [3.63, 3.8) is 0 Å². The van der Waals surface area contributed by atoms with Gasteiger partial charge in [0, 0.05) is 12.6 Å². The summed E-state index contributed by atoms with van der Waals surface area (Å²) in [7, 11) is 1.52. The number of fused-ring (bicyclic) bond motifs is 2. The number of aromatic nitrogens is 6. The Kier molecular flexibility index (Phi) is 6.75. The number of methoxy groups -OCH3 is 1. The van der Waals surface area contributed by atoms with Gasteiger partial charge < -0.3 is 10.1 Å². The summed E-state index contributed by atoms with van der Waals surface area (Å²) >= 11 is 8.61. The third-order valence-electron chi connectivity index (χ3n) is 4.17. The molecule has 5 rings (SSSR count). The highest BCUT2D eigenvalue weighted by Crippen LogP contribution is 2.21. The van der Waals surface area contributed by atoms with E-state index in [2.05, 4.69) is 35.2 Å². The Labute approximate surface area is 189 Å².